The van der Waals surface area contributed by atoms with Crippen molar-refractivity contribution in [2.24, 2.45) is 11.7 Å². The first-order chi connectivity index (χ1) is 7.83. The molecule has 0 amide bonds. The summed E-state index contributed by atoms with van der Waals surface area (Å²) in [6, 6.07) is 0.438. The monoisotopic (exact) mass is 242 g/mol. The van der Waals surface area contributed by atoms with Crippen LogP contribution in [0.2, 0.25) is 0 Å². The maximum absolute atomic E-state index is 11.7. The predicted octanol–water partition coefficient (Wildman–Crippen LogP) is 1.39. The van der Waals surface area contributed by atoms with Crippen LogP contribution in [0.15, 0.2) is 0 Å². The zero-order chi connectivity index (χ0) is 13.1. The highest BCUT2D eigenvalue weighted by Gasteiger charge is 2.30. The van der Waals surface area contributed by atoms with Crippen molar-refractivity contribution in [3.8, 4) is 0 Å². The average Bonchev–Trinajstić information content (AvgIpc) is 2.61. The Hall–Kier alpha value is -0.610. The molecule has 2 unspecified atom stereocenters. The lowest BCUT2D eigenvalue weighted by molar-refractivity contribution is -0.156. The second-order valence-corrected chi connectivity index (χ2v) is 6.00. The van der Waals surface area contributed by atoms with Crippen LogP contribution in [-0.4, -0.2) is 42.6 Å². The fourth-order valence-corrected chi connectivity index (χ4v) is 2.57. The van der Waals surface area contributed by atoms with Crippen LogP contribution in [-0.2, 0) is 9.53 Å². The lowest BCUT2D eigenvalue weighted by Gasteiger charge is -2.29. The molecule has 1 aliphatic carbocycles. The molecule has 0 bridgehead atoms. The van der Waals surface area contributed by atoms with E-state index in [4.69, 9.17) is 10.5 Å². The van der Waals surface area contributed by atoms with Crippen LogP contribution in [0, 0.1) is 5.92 Å². The van der Waals surface area contributed by atoms with Crippen LogP contribution in [0.1, 0.15) is 40.0 Å². The molecular formula is C13H26N2O2. The summed E-state index contributed by atoms with van der Waals surface area (Å²) in [6.07, 6.45) is 3.53. The van der Waals surface area contributed by atoms with Crippen molar-refractivity contribution in [2.45, 2.75) is 51.7 Å². The van der Waals surface area contributed by atoms with Gasteiger partial charge in [0.25, 0.3) is 0 Å². The van der Waals surface area contributed by atoms with E-state index in [0.29, 0.717) is 25.0 Å². The number of rotatable bonds is 4. The third-order valence-electron chi connectivity index (χ3n) is 3.29. The molecule has 1 rings (SSSR count). The summed E-state index contributed by atoms with van der Waals surface area (Å²) >= 11 is 0. The molecule has 0 aliphatic heterocycles. The van der Waals surface area contributed by atoms with Gasteiger partial charge < -0.3 is 10.5 Å². The fourth-order valence-electron chi connectivity index (χ4n) is 2.57. The van der Waals surface area contributed by atoms with Gasteiger partial charge in [0.05, 0.1) is 6.54 Å². The van der Waals surface area contributed by atoms with Gasteiger partial charge in [-0.1, -0.05) is 6.42 Å². The van der Waals surface area contributed by atoms with Crippen molar-refractivity contribution in [3.63, 3.8) is 0 Å². The zero-order valence-electron chi connectivity index (χ0n) is 11.5. The highest BCUT2D eigenvalue weighted by atomic mass is 16.6. The molecule has 4 heteroatoms. The highest BCUT2D eigenvalue weighted by Crippen LogP contribution is 2.28. The second kappa shape index (κ2) is 5.83. The topological polar surface area (TPSA) is 55.6 Å². The van der Waals surface area contributed by atoms with Crippen molar-refractivity contribution in [2.75, 3.05) is 20.1 Å². The van der Waals surface area contributed by atoms with Crippen LogP contribution < -0.4 is 5.73 Å². The lowest BCUT2D eigenvalue weighted by atomic mass is 10.0. The van der Waals surface area contributed by atoms with Gasteiger partial charge in [0.2, 0.25) is 0 Å². The largest absolute Gasteiger partial charge is 0.459 e. The minimum absolute atomic E-state index is 0.150. The van der Waals surface area contributed by atoms with Crippen molar-refractivity contribution in [1.82, 2.24) is 4.90 Å². The number of nitrogens with zero attached hydrogens (tertiary/aromatic N) is 1. The Morgan fingerprint density at radius 3 is 2.59 bits per heavy atom. The summed E-state index contributed by atoms with van der Waals surface area (Å²) in [5.41, 5.74) is 5.35. The molecule has 2 N–H and O–H groups in total. The predicted molar refractivity (Wildman–Crippen MR) is 68.7 cm³/mol. The Balaban J connectivity index is 2.43. The molecule has 1 fully saturated rings. The summed E-state index contributed by atoms with van der Waals surface area (Å²) in [7, 11) is 1.99. The molecule has 0 heterocycles. The van der Waals surface area contributed by atoms with E-state index < -0.39 is 5.60 Å². The normalized spacial score (nSPS) is 25.3. The molecule has 1 saturated carbocycles. The molecule has 0 spiro atoms. The van der Waals surface area contributed by atoms with E-state index >= 15 is 0 Å². The Labute approximate surface area is 104 Å². The Morgan fingerprint density at radius 2 is 2.06 bits per heavy atom. The van der Waals surface area contributed by atoms with Gasteiger partial charge in [-0.15, -0.1) is 0 Å². The molecule has 1 aliphatic rings. The van der Waals surface area contributed by atoms with Crippen molar-refractivity contribution < 1.29 is 9.53 Å². The van der Waals surface area contributed by atoms with E-state index in [0.717, 1.165) is 6.42 Å². The molecule has 0 aromatic rings. The van der Waals surface area contributed by atoms with E-state index in [9.17, 15) is 4.79 Å². The summed E-state index contributed by atoms with van der Waals surface area (Å²) in [5.74, 6) is 0.380. The number of carbonyl (C=O) groups excluding carboxylic acids is 1. The highest BCUT2D eigenvalue weighted by molar-refractivity contribution is 5.72. The minimum Gasteiger partial charge on any atom is -0.459 e. The van der Waals surface area contributed by atoms with Crippen LogP contribution in [0.3, 0.4) is 0 Å². The third kappa shape index (κ3) is 4.64. The van der Waals surface area contributed by atoms with Gasteiger partial charge >= 0.3 is 5.97 Å². The number of esters is 1. The average molecular weight is 242 g/mol. The molecular weight excluding hydrogens is 216 g/mol. The maximum atomic E-state index is 11.7. The van der Waals surface area contributed by atoms with Crippen LogP contribution in [0.25, 0.3) is 0 Å². The Kier molecular flexibility index (Phi) is 4.95. The number of nitrogens with two attached hydrogens (primary N) is 1. The second-order valence-electron chi connectivity index (χ2n) is 6.00. The minimum atomic E-state index is -0.402. The van der Waals surface area contributed by atoms with E-state index in [1.165, 1.54) is 12.8 Å². The smallest absolute Gasteiger partial charge is 0.320 e. The first-order valence-corrected chi connectivity index (χ1v) is 6.45. The van der Waals surface area contributed by atoms with E-state index in [1.807, 2.05) is 27.8 Å². The zero-order valence-corrected chi connectivity index (χ0v) is 11.5. The lowest BCUT2D eigenvalue weighted by Crippen LogP contribution is -2.42. The summed E-state index contributed by atoms with van der Waals surface area (Å²) in [5, 5.41) is 0. The molecule has 0 aromatic heterocycles. The molecule has 0 radical (unpaired) electrons. The summed E-state index contributed by atoms with van der Waals surface area (Å²) < 4.78 is 5.32. The van der Waals surface area contributed by atoms with Gasteiger partial charge in [-0.3, -0.25) is 9.69 Å². The molecule has 0 aromatic carbocycles. The van der Waals surface area contributed by atoms with Crippen molar-refractivity contribution >= 4 is 5.97 Å². The van der Waals surface area contributed by atoms with Gasteiger partial charge in [0.15, 0.2) is 0 Å². The van der Waals surface area contributed by atoms with Gasteiger partial charge in [-0.2, -0.15) is 0 Å². The van der Waals surface area contributed by atoms with Crippen LogP contribution in [0.4, 0.5) is 0 Å². The van der Waals surface area contributed by atoms with Crippen LogP contribution in [0.5, 0.6) is 0 Å². The third-order valence-corrected chi connectivity index (χ3v) is 3.29. The van der Waals surface area contributed by atoms with Gasteiger partial charge in [-0.25, -0.2) is 0 Å². The van der Waals surface area contributed by atoms with E-state index in [-0.39, 0.29) is 5.97 Å². The van der Waals surface area contributed by atoms with Gasteiger partial charge in [-0.05, 0) is 53.1 Å². The summed E-state index contributed by atoms with van der Waals surface area (Å²) in [6.45, 7) is 6.75. The fraction of sp³-hybridized carbons (Fsp3) is 0.923. The summed E-state index contributed by atoms with van der Waals surface area (Å²) in [4.78, 5) is 13.8. The SMILES string of the molecule is CN(CC(=O)OC(C)(C)C)C1CCCC1CN. The van der Waals surface area contributed by atoms with Crippen molar-refractivity contribution in [3.05, 3.63) is 0 Å². The number of hydrogen-bond donors (Lipinski definition) is 1. The van der Waals surface area contributed by atoms with Gasteiger partial charge in [0.1, 0.15) is 5.60 Å². The number of likely N-dealkylation sites (N-methyl/N-ethyl adjacent to an activating group) is 1. The van der Waals surface area contributed by atoms with E-state index in [1.54, 1.807) is 0 Å². The molecule has 4 nitrogen and oxygen atoms in total. The van der Waals surface area contributed by atoms with Crippen LogP contribution >= 0.6 is 0 Å². The number of carbonyl (C=O) groups is 1. The number of ether oxygens (including phenoxy) is 1. The Morgan fingerprint density at radius 1 is 1.41 bits per heavy atom. The van der Waals surface area contributed by atoms with Gasteiger partial charge in [0, 0.05) is 6.04 Å². The molecule has 100 valence electrons. The standard InChI is InChI=1S/C13H26N2O2/c1-13(2,3)17-12(16)9-15(4)11-7-5-6-10(11)8-14/h10-11H,5-9,14H2,1-4H3. The molecule has 2 atom stereocenters. The van der Waals surface area contributed by atoms with E-state index in [2.05, 4.69) is 4.90 Å². The Bertz CT molecular complexity index is 261. The molecule has 0 saturated heterocycles. The maximum Gasteiger partial charge on any atom is 0.320 e. The first-order valence-electron chi connectivity index (χ1n) is 6.45. The van der Waals surface area contributed by atoms with Crippen molar-refractivity contribution in [1.29, 1.82) is 0 Å². The quantitative estimate of drug-likeness (QED) is 0.757. The number of hydrogen-bond acceptors (Lipinski definition) is 4. The molecule has 17 heavy (non-hydrogen) atoms. The first kappa shape index (κ1) is 14.5.